The summed E-state index contributed by atoms with van der Waals surface area (Å²) in [6.07, 6.45) is 6.60. The van der Waals surface area contributed by atoms with Crippen LogP contribution in [-0.2, 0) is 4.74 Å². The van der Waals surface area contributed by atoms with Crippen molar-refractivity contribution in [2.45, 2.75) is 25.1 Å². The molecule has 3 N–H and O–H groups in total. The van der Waals surface area contributed by atoms with Crippen molar-refractivity contribution in [1.29, 1.82) is 0 Å². The summed E-state index contributed by atoms with van der Waals surface area (Å²) < 4.78 is 21.3. The minimum atomic E-state index is -0.593. The number of fused-ring (bicyclic) bond motifs is 2. The second-order valence-electron chi connectivity index (χ2n) is 7.96. The quantitative estimate of drug-likeness (QED) is 0.498. The smallest absolute Gasteiger partial charge is 0.240 e. The van der Waals surface area contributed by atoms with E-state index in [1.165, 1.54) is 0 Å². The van der Waals surface area contributed by atoms with Gasteiger partial charge < -0.3 is 15.8 Å². The first-order valence-electron chi connectivity index (χ1n) is 10.7. The lowest BCUT2D eigenvalue weighted by atomic mass is 10.1. The zero-order valence-electron chi connectivity index (χ0n) is 17.9. The lowest BCUT2D eigenvalue weighted by molar-refractivity contribution is -0.0780. The molecule has 168 valence electrons. The van der Waals surface area contributed by atoms with Crippen molar-refractivity contribution in [3.05, 3.63) is 36.8 Å². The molecule has 0 radical (unpaired) electrons. The van der Waals surface area contributed by atoms with Crippen LogP contribution in [-0.4, -0.2) is 79.7 Å². The molecule has 0 aromatic carbocycles. The van der Waals surface area contributed by atoms with Crippen LogP contribution < -0.4 is 11.1 Å². The highest BCUT2D eigenvalue weighted by Gasteiger charge is 2.30. The van der Waals surface area contributed by atoms with E-state index < -0.39 is 6.17 Å². The highest BCUT2D eigenvalue weighted by molar-refractivity contribution is 5.87. The fourth-order valence-corrected chi connectivity index (χ4v) is 4.10. The number of nitrogens with zero attached hydrogens (tertiary/aromatic N) is 7. The monoisotopic (exact) mass is 439 g/mol. The molecule has 10 nitrogen and oxygen atoms in total. The van der Waals surface area contributed by atoms with Crippen LogP contribution in [0.4, 0.5) is 16.2 Å². The molecule has 2 saturated heterocycles. The third-order valence-electron chi connectivity index (χ3n) is 5.83. The van der Waals surface area contributed by atoms with Crippen molar-refractivity contribution in [2.75, 3.05) is 44.4 Å². The number of piperidine rings is 1. The molecule has 0 amide bonds. The normalized spacial score (nSPS) is 19.5. The number of hydrogen-bond donors (Lipinski definition) is 2. The van der Waals surface area contributed by atoms with E-state index in [2.05, 4.69) is 30.4 Å². The molecule has 0 bridgehead atoms. The Hall–Kier alpha value is -3.31. The number of nitrogen functional groups attached to an aromatic ring is 1. The summed E-state index contributed by atoms with van der Waals surface area (Å²) in [5, 5.41) is 11.4. The van der Waals surface area contributed by atoms with Gasteiger partial charge in [-0.25, -0.2) is 18.4 Å². The predicted molar refractivity (Wildman–Crippen MR) is 119 cm³/mol. The van der Waals surface area contributed by atoms with E-state index in [1.54, 1.807) is 22.3 Å². The van der Waals surface area contributed by atoms with Gasteiger partial charge in [-0.1, -0.05) is 0 Å². The summed E-state index contributed by atoms with van der Waals surface area (Å²) in [5.74, 6) is 0.880. The fourth-order valence-electron chi connectivity index (χ4n) is 4.10. The number of nitrogens with two attached hydrogens (primary N) is 1. The van der Waals surface area contributed by atoms with Gasteiger partial charge in [0.15, 0.2) is 11.5 Å². The Morgan fingerprint density at radius 1 is 1.16 bits per heavy atom. The highest BCUT2D eigenvalue weighted by Crippen LogP contribution is 2.28. The van der Waals surface area contributed by atoms with Gasteiger partial charge >= 0.3 is 0 Å². The van der Waals surface area contributed by atoms with Crippen molar-refractivity contribution in [3.63, 3.8) is 0 Å². The second kappa shape index (κ2) is 8.67. The molecular weight excluding hydrogens is 413 g/mol. The van der Waals surface area contributed by atoms with Crippen LogP contribution >= 0.6 is 0 Å². The van der Waals surface area contributed by atoms with Gasteiger partial charge in [-0.3, -0.25) is 4.90 Å². The fraction of sp³-hybridized carbons (Fsp3) is 0.429. The molecule has 6 rings (SSSR count). The Kier molecular flexibility index (Phi) is 5.58. The Balaban J connectivity index is 0.000000165. The van der Waals surface area contributed by atoms with Gasteiger partial charge in [-0.15, -0.1) is 5.10 Å². The van der Waals surface area contributed by atoms with Gasteiger partial charge in [0.25, 0.3) is 0 Å². The number of hydrogen-bond acceptors (Lipinski definition) is 8. The SMILES string of the molecule is CNc1nc(N)nn2ccc(-c3ccn4nccc4n3)c12.FC1CCCN(C2COC2)C1. The number of nitrogens with one attached hydrogen (secondary N) is 1. The van der Waals surface area contributed by atoms with Gasteiger partial charge in [0.05, 0.1) is 31.1 Å². The molecule has 4 aromatic heterocycles. The van der Waals surface area contributed by atoms with Gasteiger partial charge in [0.1, 0.15) is 11.7 Å². The number of rotatable bonds is 3. The predicted octanol–water partition coefficient (Wildman–Crippen LogP) is 1.88. The largest absolute Gasteiger partial charge is 0.378 e. The molecule has 2 fully saturated rings. The van der Waals surface area contributed by atoms with Crippen LogP contribution in [0.5, 0.6) is 0 Å². The van der Waals surface area contributed by atoms with Gasteiger partial charge in [0, 0.05) is 37.6 Å². The molecule has 0 spiro atoms. The molecule has 1 atom stereocenters. The van der Waals surface area contributed by atoms with Crippen LogP contribution in [0.25, 0.3) is 22.4 Å². The van der Waals surface area contributed by atoms with Gasteiger partial charge in [0.2, 0.25) is 5.95 Å². The van der Waals surface area contributed by atoms with E-state index in [0.29, 0.717) is 18.4 Å². The van der Waals surface area contributed by atoms with Crippen LogP contribution in [0.1, 0.15) is 12.8 Å². The van der Waals surface area contributed by atoms with E-state index in [4.69, 9.17) is 10.5 Å². The molecule has 4 aromatic rings. The molecule has 32 heavy (non-hydrogen) atoms. The van der Waals surface area contributed by atoms with Crippen LogP contribution in [0.15, 0.2) is 36.8 Å². The highest BCUT2D eigenvalue weighted by atomic mass is 19.1. The van der Waals surface area contributed by atoms with E-state index in [0.717, 1.165) is 55.0 Å². The number of halogens is 1. The summed E-state index contributed by atoms with van der Waals surface area (Å²) in [6, 6.07) is 6.23. The first-order chi connectivity index (χ1) is 15.6. The van der Waals surface area contributed by atoms with Crippen LogP contribution in [0, 0.1) is 0 Å². The maximum atomic E-state index is 12.9. The summed E-state index contributed by atoms with van der Waals surface area (Å²) in [6.45, 7) is 3.32. The zero-order chi connectivity index (χ0) is 22.1. The Bertz CT molecular complexity index is 1220. The van der Waals surface area contributed by atoms with Gasteiger partial charge in [-0.05, 0) is 31.5 Å². The Labute approximate surface area is 184 Å². The number of anilines is 2. The lowest BCUT2D eigenvalue weighted by Gasteiger charge is -2.40. The standard InChI is InChI=1S/C13H12N8.C8H14FNO/c1-15-12-11-8(3-6-21(11)19-13(14)18-12)9-4-7-20-10(17-9)2-5-16-20;9-7-2-1-3-10(4-7)8-5-11-6-8/h2-7H,1H3,(H3,14,15,18,19);7-8H,1-6H2. The Morgan fingerprint density at radius 2 is 2.00 bits per heavy atom. The number of alkyl halides is 1. The third-order valence-corrected chi connectivity index (χ3v) is 5.83. The maximum Gasteiger partial charge on any atom is 0.240 e. The molecule has 2 aliphatic rings. The molecule has 0 saturated carbocycles. The second-order valence-corrected chi connectivity index (χ2v) is 7.96. The van der Waals surface area contributed by atoms with E-state index in [1.807, 2.05) is 30.6 Å². The molecule has 1 unspecified atom stereocenters. The number of ether oxygens (including phenoxy) is 1. The molecule has 6 heterocycles. The summed E-state index contributed by atoms with van der Waals surface area (Å²) in [5.41, 5.74) is 9.08. The van der Waals surface area contributed by atoms with E-state index >= 15 is 0 Å². The zero-order valence-corrected chi connectivity index (χ0v) is 17.9. The molecular formula is C21H26FN9O. The van der Waals surface area contributed by atoms with Crippen molar-refractivity contribution in [2.24, 2.45) is 0 Å². The van der Waals surface area contributed by atoms with Crippen molar-refractivity contribution in [1.82, 2.24) is 34.1 Å². The molecule has 11 heteroatoms. The average Bonchev–Trinajstić information content (AvgIpc) is 3.38. The van der Waals surface area contributed by atoms with Crippen LogP contribution in [0.2, 0.25) is 0 Å². The van der Waals surface area contributed by atoms with Crippen LogP contribution in [0.3, 0.4) is 0 Å². The number of aromatic nitrogens is 6. The molecule has 0 aliphatic carbocycles. The van der Waals surface area contributed by atoms with Gasteiger partial charge in [-0.2, -0.15) is 10.1 Å². The first kappa shape index (κ1) is 20.6. The molecule has 2 aliphatic heterocycles. The summed E-state index contributed by atoms with van der Waals surface area (Å²) in [7, 11) is 1.80. The lowest BCUT2D eigenvalue weighted by Crippen LogP contribution is -2.52. The minimum Gasteiger partial charge on any atom is -0.378 e. The summed E-state index contributed by atoms with van der Waals surface area (Å²) >= 11 is 0. The van der Waals surface area contributed by atoms with E-state index in [9.17, 15) is 4.39 Å². The minimum absolute atomic E-state index is 0.216. The first-order valence-corrected chi connectivity index (χ1v) is 10.7. The van der Waals surface area contributed by atoms with Crippen molar-refractivity contribution >= 4 is 22.9 Å². The summed E-state index contributed by atoms with van der Waals surface area (Å²) in [4.78, 5) is 11.0. The van der Waals surface area contributed by atoms with Crippen molar-refractivity contribution < 1.29 is 9.13 Å². The van der Waals surface area contributed by atoms with Crippen molar-refractivity contribution in [3.8, 4) is 11.3 Å². The maximum absolute atomic E-state index is 12.9. The average molecular weight is 439 g/mol. The number of likely N-dealkylation sites (tertiary alicyclic amines) is 1. The third kappa shape index (κ3) is 3.96. The Morgan fingerprint density at radius 3 is 2.75 bits per heavy atom. The topological polar surface area (TPSA) is 111 Å². The van der Waals surface area contributed by atoms with E-state index in [-0.39, 0.29) is 5.95 Å².